The van der Waals surface area contributed by atoms with Gasteiger partial charge in [-0.15, -0.1) is 0 Å². The fraction of sp³-hybridized carbons (Fsp3) is 0.346. The molecule has 0 radical (unpaired) electrons. The molecule has 1 aliphatic rings. The number of ether oxygens (including phenoxy) is 1. The highest BCUT2D eigenvalue weighted by molar-refractivity contribution is 6.00. The highest BCUT2D eigenvalue weighted by Crippen LogP contribution is 2.37. The van der Waals surface area contributed by atoms with Crippen LogP contribution in [0, 0.1) is 0 Å². The minimum atomic E-state index is 0.0614. The third kappa shape index (κ3) is 4.52. The average Bonchev–Trinajstić information content (AvgIpc) is 3.22. The summed E-state index contributed by atoms with van der Waals surface area (Å²) >= 11 is 0. The van der Waals surface area contributed by atoms with Gasteiger partial charge in [-0.1, -0.05) is 37.3 Å². The van der Waals surface area contributed by atoms with Crippen molar-refractivity contribution in [3.05, 3.63) is 60.4 Å². The second kappa shape index (κ2) is 9.40. The smallest absolute Gasteiger partial charge is 0.246 e. The summed E-state index contributed by atoms with van der Waals surface area (Å²) in [6.45, 7) is 11.1. The van der Waals surface area contributed by atoms with Crippen LogP contribution in [0.1, 0.15) is 26.3 Å². The van der Waals surface area contributed by atoms with Crippen molar-refractivity contribution in [2.45, 2.75) is 20.8 Å². The summed E-state index contributed by atoms with van der Waals surface area (Å²) in [5, 5.41) is 1.02. The van der Waals surface area contributed by atoms with Gasteiger partial charge in [-0.2, -0.15) is 0 Å². The molecule has 5 nitrogen and oxygen atoms in total. The van der Waals surface area contributed by atoms with Gasteiger partial charge in [0.25, 0.3) is 0 Å². The zero-order valence-corrected chi connectivity index (χ0v) is 18.6. The fourth-order valence-electron chi connectivity index (χ4n) is 4.12. The molecule has 2 heterocycles. The number of nitrogens with zero attached hydrogens (tertiary/aromatic N) is 2. The molecule has 31 heavy (non-hydrogen) atoms. The fourth-order valence-corrected chi connectivity index (χ4v) is 4.12. The van der Waals surface area contributed by atoms with Crippen LogP contribution in [0.25, 0.3) is 27.7 Å². The van der Waals surface area contributed by atoms with Gasteiger partial charge >= 0.3 is 0 Å². The maximum absolute atomic E-state index is 12.9. The highest BCUT2D eigenvalue weighted by atomic mass is 16.5. The minimum absolute atomic E-state index is 0.0614. The van der Waals surface area contributed by atoms with E-state index in [2.05, 4.69) is 30.0 Å². The Kier molecular flexibility index (Phi) is 6.42. The van der Waals surface area contributed by atoms with Crippen molar-refractivity contribution in [2.24, 2.45) is 0 Å². The summed E-state index contributed by atoms with van der Waals surface area (Å²) in [5.74, 6) is 0.799. The van der Waals surface area contributed by atoms with Crippen molar-refractivity contribution >= 4 is 22.4 Å². The van der Waals surface area contributed by atoms with Crippen LogP contribution in [0.5, 0.6) is 5.75 Å². The maximum atomic E-state index is 12.9. The third-order valence-electron chi connectivity index (χ3n) is 5.96. The topological polar surface area (TPSA) is 45.9 Å². The van der Waals surface area contributed by atoms with Gasteiger partial charge in [-0.05, 0) is 37.6 Å². The quantitative estimate of drug-likeness (QED) is 0.525. The first kappa shape index (κ1) is 21.2. The lowest BCUT2D eigenvalue weighted by Crippen LogP contribution is -2.48. The summed E-state index contributed by atoms with van der Waals surface area (Å²) in [6.07, 6.45) is 3.53. The van der Waals surface area contributed by atoms with E-state index in [0.717, 1.165) is 71.7 Å². The number of fused-ring (bicyclic) bond motifs is 1. The zero-order chi connectivity index (χ0) is 21.8. The predicted octanol–water partition coefficient (Wildman–Crippen LogP) is 5.07. The van der Waals surface area contributed by atoms with Gasteiger partial charge in [0, 0.05) is 54.8 Å². The van der Waals surface area contributed by atoms with E-state index in [1.807, 2.05) is 43.0 Å². The van der Waals surface area contributed by atoms with E-state index in [1.165, 1.54) is 0 Å². The Morgan fingerprint density at radius 1 is 1.10 bits per heavy atom. The van der Waals surface area contributed by atoms with Crippen LogP contribution in [0.2, 0.25) is 0 Å². The van der Waals surface area contributed by atoms with Crippen molar-refractivity contribution in [2.75, 3.05) is 39.3 Å². The SMILES string of the molecule is CCOc1cc2occ(-c3ccccc3)c2cc1/C(C)=C/C(=O)N1CCN(CC)CC1. The van der Waals surface area contributed by atoms with E-state index >= 15 is 0 Å². The molecular weight excluding hydrogens is 388 g/mol. The number of amides is 1. The Morgan fingerprint density at radius 3 is 2.52 bits per heavy atom. The molecule has 1 aromatic heterocycles. The molecule has 0 saturated carbocycles. The number of carbonyl (C=O) groups excluding carboxylic acids is 1. The van der Waals surface area contributed by atoms with E-state index in [0.29, 0.717) is 6.61 Å². The molecule has 3 aromatic rings. The van der Waals surface area contributed by atoms with Gasteiger partial charge in [0.2, 0.25) is 5.91 Å². The van der Waals surface area contributed by atoms with Gasteiger partial charge in [0.1, 0.15) is 11.3 Å². The molecule has 1 amide bonds. The summed E-state index contributed by atoms with van der Waals surface area (Å²) in [4.78, 5) is 17.2. The lowest BCUT2D eigenvalue weighted by atomic mass is 9.99. The highest BCUT2D eigenvalue weighted by Gasteiger charge is 2.20. The van der Waals surface area contributed by atoms with Crippen molar-refractivity contribution in [3.63, 3.8) is 0 Å². The Bertz CT molecular complexity index is 1080. The standard InChI is InChI=1S/C26H30N2O3/c1-4-27-11-13-28(14-12-27)26(29)15-19(3)21-16-22-23(20-9-7-6-8-10-20)18-31-25(22)17-24(21)30-5-2/h6-10,15-18H,4-5,11-14H2,1-3H3/b19-15+. The average molecular weight is 419 g/mol. The first-order valence-corrected chi connectivity index (χ1v) is 11.0. The second-order valence-corrected chi connectivity index (χ2v) is 7.88. The van der Waals surface area contributed by atoms with Crippen LogP contribution in [0.4, 0.5) is 0 Å². The van der Waals surface area contributed by atoms with Crippen LogP contribution >= 0.6 is 0 Å². The normalized spacial score (nSPS) is 15.5. The zero-order valence-electron chi connectivity index (χ0n) is 18.6. The van der Waals surface area contributed by atoms with Gasteiger partial charge in [-0.25, -0.2) is 0 Å². The summed E-state index contributed by atoms with van der Waals surface area (Å²) in [7, 11) is 0. The minimum Gasteiger partial charge on any atom is -0.493 e. The lowest BCUT2D eigenvalue weighted by molar-refractivity contribution is -0.127. The molecule has 5 heteroatoms. The third-order valence-corrected chi connectivity index (χ3v) is 5.96. The van der Waals surface area contributed by atoms with Crippen molar-refractivity contribution in [1.82, 2.24) is 9.80 Å². The van der Waals surface area contributed by atoms with Gasteiger partial charge in [0.05, 0.1) is 12.9 Å². The maximum Gasteiger partial charge on any atom is 0.246 e. The van der Waals surface area contributed by atoms with Crippen LogP contribution in [0.3, 0.4) is 0 Å². The molecule has 0 unspecified atom stereocenters. The van der Waals surface area contributed by atoms with Crippen LogP contribution in [0.15, 0.2) is 59.2 Å². The first-order chi connectivity index (χ1) is 15.1. The molecule has 1 aliphatic heterocycles. The van der Waals surface area contributed by atoms with Gasteiger partial charge < -0.3 is 19.0 Å². The number of furan rings is 1. The molecule has 4 rings (SSSR count). The number of likely N-dealkylation sites (N-methyl/N-ethyl adjacent to an activating group) is 1. The van der Waals surface area contributed by atoms with E-state index in [1.54, 1.807) is 12.3 Å². The summed E-state index contributed by atoms with van der Waals surface area (Å²) in [6, 6.07) is 14.2. The van der Waals surface area contributed by atoms with E-state index in [-0.39, 0.29) is 5.91 Å². The molecule has 2 aromatic carbocycles. The molecule has 1 fully saturated rings. The number of rotatable bonds is 6. The van der Waals surface area contributed by atoms with Crippen molar-refractivity contribution < 1.29 is 13.9 Å². The molecule has 162 valence electrons. The summed E-state index contributed by atoms with van der Waals surface area (Å²) in [5.41, 5.74) is 4.74. The Labute approximate surface area is 183 Å². The lowest BCUT2D eigenvalue weighted by Gasteiger charge is -2.33. The second-order valence-electron chi connectivity index (χ2n) is 7.88. The largest absolute Gasteiger partial charge is 0.493 e. The Morgan fingerprint density at radius 2 is 1.84 bits per heavy atom. The van der Waals surface area contributed by atoms with E-state index < -0.39 is 0 Å². The van der Waals surface area contributed by atoms with E-state index in [4.69, 9.17) is 9.15 Å². The van der Waals surface area contributed by atoms with Gasteiger partial charge in [-0.3, -0.25) is 4.79 Å². The van der Waals surface area contributed by atoms with Crippen molar-refractivity contribution in [1.29, 1.82) is 0 Å². The number of carbonyl (C=O) groups is 1. The number of allylic oxidation sites excluding steroid dienone is 1. The van der Waals surface area contributed by atoms with E-state index in [9.17, 15) is 4.79 Å². The number of hydrogen-bond donors (Lipinski definition) is 0. The molecule has 0 atom stereocenters. The number of benzene rings is 2. The van der Waals surface area contributed by atoms with Crippen molar-refractivity contribution in [3.8, 4) is 16.9 Å². The van der Waals surface area contributed by atoms with Crippen LogP contribution in [-0.2, 0) is 4.79 Å². The molecule has 0 spiro atoms. The molecular formula is C26H30N2O3. The van der Waals surface area contributed by atoms with Crippen LogP contribution < -0.4 is 4.74 Å². The van der Waals surface area contributed by atoms with Gasteiger partial charge in [0.15, 0.2) is 0 Å². The first-order valence-electron chi connectivity index (χ1n) is 11.0. The monoisotopic (exact) mass is 418 g/mol. The molecule has 1 saturated heterocycles. The van der Waals surface area contributed by atoms with Crippen LogP contribution in [-0.4, -0.2) is 55.0 Å². The molecule has 0 aliphatic carbocycles. The number of piperazine rings is 1. The molecule has 0 N–H and O–H groups in total. The predicted molar refractivity (Wildman–Crippen MR) is 125 cm³/mol. The number of hydrogen-bond acceptors (Lipinski definition) is 4. The Balaban J connectivity index is 1.68. The Hall–Kier alpha value is -3.05. The molecule has 0 bridgehead atoms. The summed E-state index contributed by atoms with van der Waals surface area (Å²) < 4.78 is 11.7.